The number of hydroxylamine groups is 3. The molecule has 1 aromatic rings. The molecule has 0 saturated heterocycles. The average molecular weight is 365 g/mol. The highest BCUT2D eigenvalue weighted by Crippen LogP contribution is 2.42. The summed E-state index contributed by atoms with van der Waals surface area (Å²) in [7, 11) is 0. The molecule has 1 aromatic carbocycles. The first-order valence-corrected chi connectivity index (χ1v) is 9.26. The van der Waals surface area contributed by atoms with E-state index in [1.807, 2.05) is 12.1 Å². The summed E-state index contributed by atoms with van der Waals surface area (Å²) in [6.45, 7) is 3.36. The third kappa shape index (κ3) is 3.29. The zero-order chi connectivity index (χ0) is 15.6. The summed E-state index contributed by atoms with van der Waals surface area (Å²) >= 11 is 3.46. The van der Waals surface area contributed by atoms with Crippen molar-refractivity contribution in [3.05, 3.63) is 39.5 Å². The molecular weight excluding hydrogens is 340 g/mol. The van der Waals surface area contributed by atoms with E-state index in [2.05, 4.69) is 35.0 Å². The first-order chi connectivity index (χ1) is 10.6. The number of nitrogens with zero attached hydrogens (tertiary/aromatic N) is 2. The Balaban J connectivity index is 1.82. The maximum Gasteiger partial charge on any atom is 0.199 e. The monoisotopic (exact) mass is 364 g/mol. The molecule has 3 rings (SSSR count). The summed E-state index contributed by atoms with van der Waals surface area (Å²) in [5.74, 6) is 0.895. The maximum absolute atomic E-state index is 13.5. The second-order valence-corrected chi connectivity index (χ2v) is 7.81. The molecule has 2 aliphatic rings. The molecule has 1 unspecified atom stereocenters. The second-order valence-electron chi connectivity index (χ2n) is 6.90. The molecule has 1 aliphatic heterocycles. The van der Waals surface area contributed by atoms with E-state index in [-0.39, 0.29) is 10.2 Å². The Hall–Kier alpha value is -0.710. The van der Waals surface area contributed by atoms with Gasteiger partial charge < -0.3 is 9.85 Å². The maximum atomic E-state index is 13.5. The van der Waals surface area contributed by atoms with Crippen LogP contribution in [-0.2, 0) is 6.54 Å². The van der Waals surface area contributed by atoms with Gasteiger partial charge in [-0.2, -0.15) is 0 Å². The van der Waals surface area contributed by atoms with Crippen molar-refractivity contribution in [3.8, 4) is 0 Å². The van der Waals surface area contributed by atoms with Gasteiger partial charge in [0.2, 0.25) is 0 Å². The molecule has 0 amide bonds. The van der Waals surface area contributed by atoms with E-state index >= 15 is 0 Å². The van der Waals surface area contributed by atoms with Crippen LogP contribution in [0.5, 0.6) is 0 Å². The van der Waals surface area contributed by atoms with E-state index < -0.39 is 0 Å². The molecule has 1 spiro atoms. The minimum absolute atomic E-state index is 0.0415. The zero-order valence-corrected chi connectivity index (χ0v) is 14.9. The molecule has 4 heteroatoms. The van der Waals surface area contributed by atoms with E-state index in [9.17, 15) is 5.21 Å². The standard InChI is InChI=1S/C18H25BrN2O/c1-2-3-6-17-20-18(11-4-5-12-18)14-21(17,22)13-15-7-9-16(19)10-8-15/h7-10H,2-6,11-14H2,1H3. The van der Waals surface area contributed by atoms with E-state index in [1.54, 1.807) is 0 Å². The van der Waals surface area contributed by atoms with Crippen LogP contribution in [0.4, 0.5) is 0 Å². The highest BCUT2D eigenvalue weighted by molar-refractivity contribution is 9.10. The van der Waals surface area contributed by atoms with Crippen molar-refractivity contribution in [1.29, 1.82) is 0 Å². The molecule has 3 nitrogen and oxygen atoms in total. The van der Waals surface area contributed by atoms with Crippen LogP contribution in [0.2, 0.25) is 0 Å². The SMILES string of the molecule is CCCCC1=NC2(CCCC2)C[N+]1([O-])Cc1ccc(Br)cc1. The minimum atomic E-state index is -0.221. The van der Waals surface area contributed by atoms with E-state index in [0.717, 1.165) is 48.0 Å². The molecule has 1 heterocycles. The fraction of sp³-hybridized carbons (Fsp3) is 0.611. The van der Waals surface area contributed by atoms with Crippen LogP contribution in [-0.4, -0.2) is 22.6 Å². The third-order valence-electron chi connectivity index (χ3n) is 5.03. The molecule has 0 radical (unpaired) electrons. The molecule has 1 fully saturated rings. The third-order valence-corrected chi connectivity index (χ3v) is 5.55. The van der Waals surface area contributed by atoms with Crippen LogP contribution in [0.1, 0.15) is 57.4 Å². The topological polar surface area (TPSA) is 35.4 Å². The Labute approximate surface area is 141 Å². The molecule has 22 heavy (non-hydrogen) atoms. The highest BCUT2D eigenvalue weighted by Gasteiger charge is 2.48. The quantitative estimate of drug-likeness (QED) is 0.523. The van der Waals surface area contributed by atoms with Gasteiger partial charge in [0, 0.05) is 16.5 Å². The molecule has 0 aromatic heterocycles. The Morgan fingerprint density at radius 1 is 1.23 bits per heavy atom. The van der Waals surface area contributed by atoms with Gasteiger partial charge in [-0.1, -0.05) is 54.2 Å². The van der Waals surface area contributed by atoms with Crippen molar-refractivity contribution < 1.29 is 4.65 Å². The first-order valence-electron chi connectivity index (χ1n) is 8.47. The predicted octanol–water partition coefficient (Wildman–Crippen LogP) is 5.18. The zero-order valence-electron chi connectivity index (χ0n) is 13.4. The number of amidine groups is 1. The lowest BCUT2D eigenvalue weighted by atomic mass is 9.99. The molecule has 1 aliphatic carbocycles. The summed E-state index contributed by atoms with van der Waals surface area (Å²) in [6, 6.07) is 8.15. The summed E-state index contributed by atoms with van der Waals surface area (Å²) in [5.41, 5.74) is 1.07. The molecular formula is C18H25BrN2O. The Kier molecular flexibility index (Phi) is 4.72. The smallest absolute Gasteiger partial charge is 0.199 e. The van der Waals surface area contributed by atoms with E-state index in [0.29, 0.717) is 13.1 Å². The van der Waals surface area contributed by atoms with Crippen molar-refractivity contribution in [1.82, 2.24) is 0 Å². The van der Waals surface area contributed by atoms with Crippen molar-refractivity contribution in [3.63, 3.8) is 0 Å². The fourth-order valence-electron chi connectivity index (χ4n) is 3.90. The molecule has 1 atom stereocenters. The van der Waals surface area contributed by atoms with E-state index in [4.69, 9.17) is 4.99 Å². The van der Waals surface area contributed by atoms with Crippen LogP contribution in [0.25, 0.3) is 0 Å². The number of hydrogen-bond acceptors (Lipinski definition) is 2. The average Bonchev–Trinajstić information content (AvgIpc) is 3.04. The number of rotatable bonds is 5. The number of aliphatic imine (C=N–C) groups is 1. The molecule has 120 valence electrons. The van der Waals surface area contributed by atoms with Gasteiger partial charge >= 0.3 is 0 Å². The predicted molar refractivity (Wildman–Crippen MR) is 94.5 cm³/mol. The molecule has 0 N–H and O–H groups in total. The van der Waals surface area contributed by atoms with Gasteiger partial charge in [-0.15, -0.1) is 0 Å². The number of quaternary nitrogens is 1. The second kappa shape index (κ2) is 6.42. The lowest BCUT2D eigenvalue weighted by Gasteiger charge is -2.40. The van der Waals surface area contributed by atoms with Gasteiger partial charge in [-0.25, -0.2) is 4.99 Å². The van der Waals surface area contributed by atoms with E-state index in [1.165, 1.54) is 12.8 Å². The number of benzene rings is 1. The van der Waals surface area contributed by atoms with Crippen molar-refractivity contribution in [2.75, 3.05) is 6.54 Å². The van der Waals surface area contributed by atoms with Crippen LogP contribution in [0, 0.1) is 5.21 Å². The molecule has 1 saturated carbocycles. The largest absolute Gasteiger partial charge is 0.626 e. The van der Waals surface area contributed by atoms with Crippen molar-refractivity contribution in [2.45, 2.75) is 64.0 Å². The van der Waals surface area contributed by atoms with Gasteiger partial charge in [0.05, 0.1) is 0 Å². The summed E-state index contributed by atoms with van der Waals surface area (Å²) in [4.78, 5) is 4.99. The summed E-state index contributed by atoms with van der Waals surface area (Å²) < 4.78 is 0.837. The fourth-order valence-corrected chi connectivity index (χ4v) is 4.16. The lowest BCUT2D eigenvalue weighted by Crippen LogP contribution is -2.47. The van der Waals surface area contributed by atoms with Crippen molar-refractivity contribution >= 4 is 21.8 Å². The Bertz CT molecular complexity index is 549. The number of unbranched alkanes of at least 4 members (excludes halogenated alkanes) is 1. The van der Waals surface area contributed by atoms with Crippen LogP contribution in [0.3, 0.4) is 0 Å². The molecule has 0 bridgehead atoms. The summed E-state index contributed by atoms with van der Waals surface area (Å²) in [6.07, 6.45) is 7.70. The normalized spacial score (nSPS) is 26.6. The highest BCUT2D eigenvalue weighted by atomic mass is 79.9. The van der Waals surface area contributed by atoms with Gasteiger partial charge in [0.15, 0.2) is 5.84 Å². The number of hydrogen-bond donors (Lipinski definition) is 0. The lowest BCUT2D eigenvalue weighted by molar-refractivity contribution is -0.802. The van der Waals surface area contributed by atoms with Gasteiger partial charge in [-0.05, 0) is 31.4 Å². The summed E-state index contributed by atoms with van der Waals surface area (Å²) in [5, 5.41) is 13.5. The Morgan fingerprint density at radius 3 is 2.55 bits per heavy atom. The van der Waals surface area contributed by atoms with Crippen molar-refractivity contribution in [2.24, 2.45) is 4.99 Å². The van der Waals surface area contributed by atoms with Gasteiger partial charge in [-0.3, -0.25) is 0 Å². The Morgan fingerprint density at radius 2 is 1.91 bits per heavy atom. The van der Waals surface area contributed by atoms with Gasteiger partial charge in [0.25, 0.3) is 0 Å². The van der Waals surface area contributed by atoms with Crippen LogP contribution in [0.15, 0.2) is 33.7 Å². The van der Waals surface area contributed by atoms with Crippen LogP contribution < -0.4 is 0 Å². The minimum Gasteiger partial charge on any atom is -0.626 e. The number of halogens is 1. The van der Waals surface area contributed by atoms with Gasteiger partial charge in [0.1, 0.15) is 18.6 Å². The van der Waals surface area contributed by atoms with Crippen LogP contribution >= 0.6 is 15.9 Å². The first kappa shape index (κ1) is 16.2.